The highest BCUT2D eigenvalue weighted by Crippen LogP contribution is 2.15. The number of nitrogens with zero attached hydrogens (tertiary/aromatic N) is 1. The van der Waals surface area contributed by atoms with Crippen molar-refractivity contribution in [1.29, 1.82) is 0 Å². The quantitative estimate of drug-likeness (QED) is 0.502. The molecule has 0 saturated heterocycles. The number of benzene rings is 1. The monoisotopic (exact) mass is 289 g/mol. The van der Waals surface area contributed by atoms with Crippen molar-refractivity contribution in [3.05, 3.63) is 54.9 Å². The Bertz CT molecular complexity index is 503. The van der Waals surface area contributed by atoms with Crippen LogP contribution in [-0.2, 0) is 0 Å². The van der Waals surface area contributed by atoms with Crippen molar-refractivity contribution >= 4 is 34.8 Å². The molecule has 0 aliphatic heterocycles. The SMILES string of the molecule is S=C(NCCSc1ccccc1)Nc1cccnc1. The summed E-state index contributed by atoms with van der Waals surface area (Å²) in [5.41, 5.74) is 0.899. The number of thiocarbonyl (C=S) groups is 1. The molecule has 2 N–H and O–H groups in total. The van der Waals surface area contributed by atoms with Gasteiger partial charge in [0.1, 0.15) is 0 Å². The summed E-state index contributed by atoms with van der Waals surface area (Å²) >= 11 is 7.01. The molecular formula is C14H15N3S2. The van der Waals surface area contributed by atoms with E-state index in [0.29, 0.717) is 5.11 Å². The number of aromatic nitrogens is 1. The van der Waals surface area contributed by atoms with E-state index >= 15 is 0 Å². The van der Waals surface area contributed by atoms with Gasteiger partial charge in [0.2, 0.25) is 0 Å². The lowest BCUT2D eigenvalue weighted by atomic mass is 10.4. The van der Waals surface area contributed by atoms with E-state index < -0.39 is 0 Å². The molecule has 0 aliphatic carbocycles. The first-order valence-electron chi connectivity index (χ1n) is 5.97. The molecule has 1 aromatic heterocycles. The second-order valence-corrected chi connectivity index (χ2v) is 5.36. The maximum atomic E-state index is 5.21. The lowest BCUT2D eigenvalue weighted by Gasteiger charge is -2.09. The highest BCUT2D eigenvalue weighted by atomic mass is 32.2. The Kier molecular flexibility index (Phi) is 5.65. The van der Waals surface area contributed by atoms with Crippen molar-refractivity contribution in [2.75, 3.05) is 17.6 Å². The van der Waals surface area contributed by atoms with Crippen molar-refractivity contribution in [3.8, 4) is 0 Å². The predicted molar refractivity (Wildman–Crippen MR) is 85.6 cm³/mol. The molecule has 0 atom stereocenters. The molecule has 19 heavy (non-hydrogen) atoms. The first-order chi connectivity index (χ1) is 9.34. The van der Waals surface area contributed by atoms with Gasteiger partial charge in [-0.3, -0.25) is 4.98 Å². The number of pyridine rings is 1. The van der Waals surface area contributed by atoms with E-state index in [1.54, 1.807) is 24.2 Å². The number of hydrogen-bond acceptors (Lipinski definition) is 3. The van der Waals surface area contributed by atoms with Gasteiger partial charge < -0.3 is 10.6 Å². The van der Waals surface area contributed by atoms with E-state index in [0.717, 1.165) is 18.0 Å². The molecule has 0 spiro atoms. The second kappa shape index (κ2) is 7.76. The molecule has 98 valence electrons. The largest absolute Gasteiger partial charge is 0.362 e. The van der Waals surface area contributed by atoms with E-state index in [2.05, 4.69) is 27.8 Å². The molecule has 2 rings (SSSR count). The third kappa shape index (κ3) is 5.28. The van der Waals surface area contributed by atoms with E-state index in [1.807, 2.05) is 30.3 Å². The van der Waals surface area contributed by atoms with Gasteiger partial charge in [-0.2, -0.15) is 0 Å². The fourth-order valence-corrected chi connectivity index (χ4v) is 2.47. The topological polar surface area (TPSA) is 37.0 Å². The molecule has 2 aromatic rings. The maximum Gasteiger partial charge on any atom is 0.170 e. The van der Waals surface area contributed by atoms with Gasteiger partial charge in [-0.1, -0.05) is 18.2 Å². The molecule has 0 saturated carbocycles. The number of rotatable bonds is 5. The molecule has 0 radical (unpaired) electrons. The van der Waals surface area contributed by atoms with Crippen LogP contribution in [0.5, 0.6) is 0 Å². The van der Waals surface area contributed by atoms with Crippen LogP contribution in [0.3, 0.4) is 0 Å². The number of thioether (sulfide) groups is 1. The van der Waals surface area contributed by atoms with Crippen LogP contribution in [0.15, 0.2) is 59.8 Å². The third-order valence-electron chi connectivity index (χ3n) is 2.32. The van der Waals surface area contributed by atoms with Gasteiger partial charge in [-0.15, -0.1) is 11.8 Å². The zero-order valence-corrected chi connectivity index (χ0v) is 12.0. The van der Waals surface area contributed by atoms with Crippen molar-refractivity contribution in [2.45, 2.75) is 4.90 Å². The van der Waals surface area contributed by atoms with E-state index in [9.17, 15) is 0 Å². The molecule has 1 aromatic carbocycles. The summed E-state index contributed by atoms with van der Waals surface area (Å²) in [6.07, 6.45) is 3.48. The molecule has 1 heterocycles. The van der Waals surface area contributed by atoms with Crippen molar-refractivity contribution in [1.82, 2.24) is 10.3 Å². The van der Waals surface area contributed by atoms with Crippen LogP contribution >= 0.6 is 24.0 Å². The summed E-state index contributed by atoms with van der Waals surface area (Å²) in [4.78, 5) is 5.29. The smallest absolute Gasteiger partial charge is 0.170 e. The van der Waals surface area contributed by atoms with Crippen LogP contribution in [0.2, 0.25) is 0 Å². The maximum absolute atomic E-state index is 5.21. The average Bonchev–Trinajstić information content (AvgIpc) is 2.46. The number of hydrogen-bond donors (Lipinski definition) is 2. The summed E-state index contributed by atoms with van der Waals surface area (Å²) in [6.45, 7) is 0.825. The van der Waals surface area contributed by atoms with Gasteiger partial charge in [-0.25, -0.2) is 0 Å². The summed E-state index contributed by atoms with van der Waals surface area (Å²) in [7, 11) is 0. The van der Waals surface area contributed by atoms with Gasteiger partial charge in [0.05, 0.1) is 11.9 Å². The van der Waals surface area contributed by atoms with Crippen LogP contribution in [0.4, 0.5) is 5.69 Å². The Hall–Kier alpha value is -1.59. The first-order valence-corrected chi connectivity index (χ1v) is 7.37. The minimum atomic E-state index is 0.627. The molecule has 0 fully saturated rings. The van der Waals surface area contributed by atoms with Gasteiger partial charge in [-0.05, 0) is 36.5 Å². The molecule has 0 aliphatic rings. The van der Waals surface area contributed by atoms with Gasteiger partial charge in [0.25, 0.3) is 0 Å². The van der Waals surface area contributed by atoms with E-state index in [4.69, 9.17) is 12.2 Å². The Morgan fingerprint density at radius 3 is 2.74 bits per heavy atom. The molecule has 0 bridgehead atoms. The standard InChI is InChI=1S/C14H15N3S2/c18-14(17-12-5-4-8-15-11-12)16-9-10-19-13-6-2-1-3-7-13/h1-8,11H,9-10H2,(H2,16,17,18). The predicted octanol–water partition coefficient (Wildman–Crippen LogP) is 3.16. The molecule has 0 unspecified atom stereocenters. The van der Waals surface area contributed by atoms with Gasteiger partial charge in [0, 0.05) is 23.4 Å². The molecule has 5 heteroatoms. The van der Waals surface area contributed by atoms with Crippen LogP contribution in [0.1, 0.15) is 0 Å². The van der Waals surface area contributed by atoms with E-state index in [-0.39, 0.29) is 0 Å². The fraction of sp³-hybridized carbons (Fsp3) is 0.143. The van der Waals surface area contributed by atoms with Crippen molar-refractivity contribution in [2.24, 2.45) is 0 Å². The van der Waals surface area contributed by atoms with Crippen molar-refractivity contribution in [3.63, 3.8) is 0 Å². The lowest BCUT2D eigenvalue weighted by Crippen LogP contribution is -2.30. The Balaban J connectivity index is 1.65. The van der Waals surface area contributed by atoms with Crippen LogP contribution in [0, 0.1) is 0 Å². The molecule has 0 amide bonds. The number of nitrogens with one attached hydrogen (secondary N) is 2. The Labute approximate surface area is 122 Å². The fourth-order valence-electron chi connectivity index (χ4n) is 1.46. The lowest BCUT2D eigenvalue weighted by molar-refractivity contribution is 0.989. The zero-order valence-electron chi connectivity index (χ0n) is 10.4. The summed E-state index contributed by atoms with van der Waals surface area (Å²) in [5, 5.41) is 6.89. The van der Waals surface area contributed by atoms with Crippen LogP contribution in [-0.4, -0.2) is 22.4 Å². The Morgan fingerprint density at radius 1 is 1.16 bits per heavy atom. The van der Waals surface area contributed by atoms with Crippen molar-refractivity contribution < 1.29 is 0 Å². The van der Waals surface area contributed by atoms with Crippen LogP contribution in [0.25, 0.3) is 0 Å². The minimum absolute atomic E-state index is 0.627. The minimum Gasteiger partial charge on any atom is -0.362 e. The highest BCUT2D eigenvalue weighted by molar-refractivity contribution is 7.99. The summed E-state index contributed by atoms with van der Waals surface area (Å²) < 4.78 is 0. The van der Waals surface area contributed by atoms with Crippen LogP contribution < -0.4 is 10.6 Å². The molecular weight excluding hydrogens is 274 g/mol. The van der Waals surface area contributed by atoms with Gasteiger partial charge >= 0.3 is 0 Å². The van der Waals surface area contributed by atoms with Gasteiger partial charge in [0.15, 0.2) is 5.11 Å². The Morgan fingerprint density at radius 2 is 2.00 bits per heavy atom. The summed E-state index contributed by atoms with van der Waals surface area (Å²) in [6, 6.07) is 14.1. The highest BCUT2D eigenvalue weighted by Gasteiger charge is 1.97. The summed E-state index contributed by atoms with van der Waals surface area (Å²) in [5.74, 6) is 0.971. The second-order valence-electron chi connectivity index (χ2n) is 3.78. The van der Waals surface area contributed by atoms with E-state index in [1.165, 1.54) is 4.90 Å². The average molecular weight is 289 g/mol. The first kappa shape index (κ1) is 13.8. The number of anilines is 1. The normalized spacial score (nSPS) is 9.89. The zero-order chi connectivity index (χ0) is 13.3. The molecule has 3 nitrogen and oxygen atoms in total. The third-order valence-corrected chi connectivity index (χ3v) is 3.58.